The molecule has 8 heteroatoms. The van der Waals surface area contributed by atoms with E-state index in [0.29, 0.717) is 36.1 Å². The van der Waals surface area contributed by atoms with Crippen molar-refractivity contribution in [2.45, 2.75) is 6.42 Å². The largest absolute Gasteiger partial charge is 0.490 e. The Kier molecular flexibility index (Phi) is 5.66. The second kappa shape index (κ2) is 8.13. The first-order chi connectivity index (χ1) is 12.9. The molecule has 0 atom stereocenters. The maximum atomic E-state index is 12.1. The predicted molar refractivity (Wildman–Crippen MR) is 105 cm³/mol. The van der Waals surface area contributed by atoms with Crippen LogP contribution >= 0.6 is 0 Å². The maximum Gasteiger partial charge on any atom is 0.248 e. The Morgan fingerprint density at radius 3 is 2.37 bits per heavy atom. The van der Waals surface area contributed by atoms with Crippen molar-refractivity contribution in [3.63, 3.8) is 0 Å². The van der Waals surface area contributed by atoms with E-state index in [-0.39, 0.29) is 5.91 Å². The lowest BCUT2D eigenvalue weighted by atomic mass is 10.2. The van der Waals surface area contributed by atoms with Crippen LogP contribution in [-0.4, -0.2) is 33.8 Å². The summed E-state index contributed by atoms with van der Waals surface area (Å²) in [5, 5.41) is 2.77. The van der Waals surface area contributed by atoms with Gasteiger partial charge in [0.2, 0.25) is 15.9 Å². The molecule has 1 heterocycles. The molecule has 0 radical (unpaired) electrons. The number of amides is 1. The predicted octanol–water partition coefficient (Wildman–Crippen LogP) is 2.87. The van der Waals surface area contributed by atoms with E-state index in [0.717, 1.165) is 18.2 Å². The van der Waals surface area contributed by atoms with Crippen molar-refractivity contribution in [3.8, 4) is 11.5 Å². The Labute approximate surface area is 158 Å². The van der Waals surface area contributed by atoms with Gasteiger partial charge in [-0.25, -0.2) is 8.42 Å². The standard InChI is InChI=1S/C19H20N2O5S/c1-27(23,24)21-15-6-3-14(4-7-15)5-10-19(22)20-16-8-9-17-18(13-16)26-12-2-11-25-17/h3-10,13,21H,2,11-12H2,1H3,(H,20,22)/b10-5+. The summed E-state index contributed by atoms with van der Waals surface area (Å²) in [6, 6.07) is 11.9. The zero-order valence-electron chi connectivity index (χ0n) is 14.8. The van der Waals surface area contributed by atoms with Gasteiger partial charge in [-0.1, -0.05) is 12.1 Å². The summed E-state index contributed by atoms with van der Waals surface area (Å²) < 4.78 is 35.9. The highest BCUT2D eigenvalue weighted by Gasteiger charge is 2.11. The molecule has 0 spiro atoms. The van der Waals surface area contributed by atoms with Gasteiger partial charge in [-0.05, 0) is 35.9 Å². The van der Waals surface area contributed by atoms with Crippen LogP contribution < -0.4 is 19.5 Å². The van der Waals surface area contributed by atoms with Crippen LogP contribution in [0.15, 0.2) is 48.5 Å². The van der Waals surface area contributed by atoms with E-state index < -0.39 is 10.0 Å². The number of carbonyl (C=O) groups excluding carboxylic acids is 1. The number of nitrogens with one attached hydrogen (secondary N) is 2. The summed E-state index contributed by atoms with van der Waals surface area (Å²) in [5.74, 6) is 0.995. The van der Waals surface area contributed by atoms with Gasteiger partial charge in [-0.3, -0.25) is 9.52 Å². The third-order valence-corrected chi connectivity index (χ3v) is 4.26. The summed E-state index contributed by atoms with van der Waals surface area (Å²) in [7, 11) is -3.31. The molecule has 0 aromatic heterocycles. The molecule has 1 amide bonds. The lowest BCUT2D eigenvalue weighted by Crippen LogP contribution is -2.09. The molecule has 1 aliphatic heterocycles. The van der Waals surface area contributed by atoms with E-state index in [1.54, 1.807) is 48.5 Å². The number of hydrogen-bond donors (Lipinski definition) is 2. The van der Waals surface area contributed by atoms with Crippen molar-refractivity contribution >= 4 is 33.4 Å². The highest BCUT2D eigenvalue weighted by atomic mass is 32.2. The van der Waals surface area contributed by atoms with Gasteiger partial charge in [0.1, 0.15) is 0 Å². The van der Waals surface area contributed by atoms with E-state index in [2.05, 4.69) is 10.0 Å². The molecule has 27 heavy (non-hydrogen) atoms. The minimum atomic E-state index is -3.31. The Balaban J connectivity index is 1.61. The molecular weight excluding hydrogens is 368 g/mol. The number of benzene rings is 2. The zero-order valence-corrected chi connectivity index (χ0v) is 15.6. The van der Waals surface area contributed by atoms with Crippen molar-refractivity contribution in [2.24, 2.45) is 0 Å². The van der Waals surface area contributed by atoms with Gasteiger partial charge < -0.3 is 14.8 Å². The summed E-state index contributed by atoms with van der Waals surface area (Å²) >= 11 is 0. The van der Waals surface area contributed by atoms with Gasteiger partial charge in [0.25, 0.3) is 0 Å². The van der Waals surface area contributed by atoms with Gasteiger partial charge in [0, 0.05) is 29.9 Å². The Hall–Kier alpha value is -3.00. The SMILES string of the molecule is CS(=O)(=O)Nc1ccc(/C=C/C(=O)Nc2ccc3c(c2)OCCCO3)cc1. The molecule has 0 aliphatic carbocycles. The molecule has 142 valence electrons. The van der Waals surface area contributed by atoms with Gasteiger partial charge in [0.15, 0.2) is 11.5 Å². The molecule has 0 unspecified atom stereocenters. The van der Waals surface area contributed by atoms with Crippen LogP contribution in [0.3, 0.4) is 0 Å². The third kappa shape index (κ3) is 5.75. The zero-order chi connectivity index (χ0) is 19.3. The molecule has 0 saturated heterocycles. The van der Waals surface area contributed by atoms with Crippen LogP contribution in [0.1, 0.15) is 12.0 Å². The number of rotatable bonds is 5. The second-order valence-electron chi connectivity index (χ2n) is 6.03. The molecule has 2 aromatic rings. The Morgan fingerprint density at radius 1 is 1.00 bits per heavy atom. The van der Waals surface area contributed by atoms with E-state index in [1.807, 2.05) is 0 Å². The number of hydrogen-bond acceptors (Lipinski definition) is 5. The van der Waals surface area contributed by atoms with Gasteiger partial charge in [0.05, 0.1) is 19.5 Å². The first-order valence-electron chi connectivity index (χ1n) is 8.36. The van der Waals surface area contributed by atoms with Crippen LogP contribution in [-0.2, 0) is 14.8 Å². The summed E-state index contributed by atoms with van der Waals surface area (Å²) in [6.07, 6.45) is 4.95. The molecule has 2 N–H and O–H groups in total. The quantitative estimate of drug-likeness (QED) is 0.768. The smallest absolute Gasteiger partial charge is 0.248 e. The van der Waals surface area contributed by atoms with E-state index in [9.17, 15) is 13.2 Å². The molecular formula is C19H20N2O5S. The summed E-state index contributed by atoms with van der Waals surface area (Å²) in [4.78, 5) is 12.1. The maximum absolute atomic E-state index is 12.1. The van der Waals surface area contributed by atoms with E-state index in [1.165, 1.54) is 6.08 Å². The van der Waals surface area contributed by atoms with Crippen LogP contribution in [0, 0.1) is 0 Å². The molecule has 7 nitrogen and oxygen atoms in total. The van der Waals surface area contributed by atoms with Crippen LogP contribution in [0.5, 0.6) is 11.5 Å². The number of sulfonamides is 1. The third-order valence-electron chi connectivity index (χ3n) is 3.66. The number of ether oxygens (including phenoxy) is 2. The summed E-state index contributed by atoms with van der Waals surface area (Å²) in [5.41, 5.74) is 1.84. The highest BCUT2D eigenvalue weighted by Crippen LogP contribution is 2.32. The minimum Gasteiger partial charge on any atom is -0.490 e. The van der Waals surface area contributed by atoms with E-state index >= 15 is 0 Å². The number of carbonyl (C=O) groups is 1. The summed E-state index contributed by atoms with van der Waals surface area (Å²) in [6.45, 7) is 1.19. The van der Waals surface area contributed by atoms with Gasteiger partial charge in [-0.15, -0.1) is 0 Å². The molecule has 0 saturated carbocycles. The molecule has 2 aromatic carbocycles. The van der Waals surface area contributed by atoms with Crippen LogP contribution in [0.2, 0.25) is 0 Å². The number of fused-ring (bicyclic) bond motifs is 1. The van der Waals surface area contributed by atoms with Crippen molar-refractivity contribution < 1.29 is 22.7 Å². The fourth-order valence-electron chi connectivity index (χ4n) is 2.47. The first-order valence-corrected chi connectivity index (χ1v) is 10.2. The number of anilines is 2. The average molecular weight is 388 g/mol. The van der Waals surface area contributed by atoms with Crippen LogP contribution in [0.4, 0.5) is 11.4 Å². The Bertz CT molecular complexity index is 953. The molecule has 1 aliphatic rings. The highest BCUT2D eigenvalue weighted by molar-refractivity contribution is 7.92. The Morgan fingerprint density at radius 2 is 1.67 bits per heavy atom. The first kappa shape index (κ1) is 18.8. The molecule has 0 bridgehead atoms. The van der Waals surface area contributed by atoms with Crippen molar-refractivity contribution in [2.75, 3.05) is 29.5 Å². The lowest BCUT2D eigenvalue weighted by molar-refractivity contribution is -0.111. The fraction of sp³-hybridized carbons (Fsp3) is 0.211. The topological polar surface area (TPSA) is 93.7 Å². The lowest BCUT2D eigenvalue weighted by Gasteiger charge is -2.09. The normalized spacial score (nSPS) is 13.8. The minimum absolute atomic E-state index is 0.289. The fourth-order valence-corrected chi connectivity index (χ4v) is 3.04. The second-order valence-corrected chi connectivity index (χ2v) is 7.78. The monoisotopic (exact) mass is 388 g/mol. The van der Waals surface area contributed by atoms with Crippen LogP contribution in [0.25, 0.3) is 6.08 Å². The van der Waals surface area contributed by atoms with Crippen molar-refractivity contribution in [1.29, 1.82) is 0 Å². The van der Waals surface area contributed by atoms with Crippen molar-refractivity contribution in [1.82, 2.24) is 0 Å². The average Bonchev–Trinajstić information content (AvgIpc) is 2.85. The molecule has 0 fully saturated rings. The van der Waals surface area contributed by atoms with Gasteiger partial charge in [-0.2, -0.15) is 0 Å². The molecule has 3 rings (SSSR count). The van der Waals surface area contributed by atoms with Crippen molar-refractivity contribution in [3.05, 3.63) is 54.1 Å². The van der Waals surface area contributed by atoms with Gasteiger partial charge >= 0.3 is 0 Å². The van der Waals surface area contributed by atoms with E-state index in [4.69, 9.17) is 9.47 Å².